The molecule has 2 aliphatic heterocycles. The molecule has 36 heavy (non-hydrogen) atoms. The number of β-lactam (4-membered cyclic amide) rings is 1. The van der Waals surface area contributed by atoms with Gasteiger partial charge in [-0.1, -0.05) is 11.6 Å². The molecule has 11 heteroatoms. The highest BCUT2D eigenvalue weighted by Gasteiger charge is 2.62. The lowest BCUT2D eigenvalue weighted by Gasteiger charge is -2.58. The van der Waals surface area contributed by atoms with Crippen LogP contribution in [0.15, 0.2) is 59.2 Å². The van der Waals surface area contributed by atoms with E-state index in [1.165, 1.54) is 23.1 Å². The molecule has 1 N–H and O–H groups in total. The van der Waals surface area contributed by atoms with Crippen molar-refractivity contribution < 1.29 is 22.8 Å². The number of carbonyl (C=O) groups excluding carboxylic acids is 2. The molecule has 0 radical (unpaired) electrons. The van der Waals surface area contributed by atoms with Gasteiger partial charge in [-0.15, -0.1) is 0 Å². The monoisotopic (exact) mass is 578 g/mol. The molecule has 1 atom stereocenters. The van der Waals surface area contributed by atoms with E-state index in [0.717, 1.165) is 22.7 Å². The summed E-state index contributed by atoms with van der Waals surface area (Å²) in [6.45, 7) is 0.501. The van der Waals surface area contributed by atoms with Crippen LogP contribution in [0.5, 0.6) is 0 Å². The zero-order chi connectivity index (χ0) is 25.6. The number of nitrogens with one attached hydrogen (secondary N) is 1. The first-order valence-electron chi connectivity index (χ1n) is 11.1. The van der Waals surface area contributed by atoms with Crippen molar-refractivity contribution in [1.29, 1.82) is 0 Å². The van der Waals surface area contributed by atoms with Crippen LogP contribution in [0.1, 0.15) is 24.6 Å². The number of hydrogen-bond acceptors (Lipinski definition) is 3. The van der Waals surface area contributed by atoms with Gasteiger partial charge in [0, 0.05) is 41.2 Å². The van der Waals surface area contributed by atoms with E-state index in [1.54, 1.807) is 11.1 Å². The van der Waals surface area contributed by atoms with Crippen molar-refractivity contribution >= 4 is 50.8 Å². The number of piperidine rings is 1. The lowest BCUT2D eigenvalue weighted by molar-refractivity contribution is -0.144. The molecule has 1 aromatic heterocycles. The fourth-order valence-electron chi connectivity index (χ4n) is 4.95. The Kier molecular flexibility index (Phi) is 6.42. The second-order valence-corrected chi connectivity index (χ2v) is 10.1. The van der Waals surface area contributed by atoms with Gasteiger partial charge in [-0.25, -0.2) is 18.0 Å². The number of carbonyl (C=O) groups is 2. The summed E-state index contributed by atoms with van der Waals surface area (Å²) in [7, 11) is 0. The van der Waals surface area contributed by atoms with Crippen LogP contribution in [0, 0.1) is 22.9 Å². The van der Waals surface area contributed by atoms with E-state index >= 15 is 0 Å². The van der Waals surface area contributed by atoms with Gasteiger partial charge in [0.2, 0.25) is 5.91 Å². The Balaban J connectivity index is 1.38. The molecule has 1 unspecified atom stereocenters. The molecule has 3 heterocycles. The van der Waals surface area contributed by atoms with Crippen LogP contribution in [0.2, 0.25) is 5.02 Å². The van der Waals surface area contributed by atoms with Gasteiger partial charge in [0.05, 0.1) is 22.2 Å². The average Bonchev–Trinajstić information content (AvgIpc) is 2.84. The first-order valence-corrected chi connectivity index (χ1v) is 12.3. The van der Waals surface area contributed by atoms with Crippen LogP contribution >= 0.6 is 27.5 Å². The van der Waals surface area contributed by atoms with Gasteiger partial charge in [-0.05, 0) is 71.2 Å². The van der Waals surface area contributed by atoms with Crippen molar-refractivity contribution in [2.75, 3.05) is 23.3 Å². The second-order valence-electron chi connectivity index (χ2n) is 8.81. The highest BCUT2D eigenvalue weighted by molar-refractivity contribution is 9.10. The van der Waals surface area contributed by atoms with Crippen LogP contribution in [0.3, 0.4) is 0 Å². The Morgan fingerprint density at radius 1 is 1.06 bits per heavy atom. The highest BCUT2D eigenvalue weighted by Crippen LogP contribution is 2.57. The Bertz CT molecular complexity index is 1330. The number of hydrogen-bond donors (Lipinski definition) is 1. The largest absolute Gasteiger partial charge is 0.324 e. The van der Waals surface area contributed by atoms with Gasteiger partial charge < -0.3 is 15.1 Å². The first kappa shape index (κ1) is 24.6. The van der Waals surface area contributed by atoms with Gasteiger partial charge >= 0.3 is 6.03 Å². The minimum absolute atomic E-state index is 0.00816. The van der Waals surface area contributed by atoms with E-state index in [-0.39, 0.29) is 29.7 Å². The second kappa shape index (κ2) is 9.40. The van der Waals surface area contributed by atoms with E-state index < -0.39 is 34.9 Å². The summed E-state index contributed by atoms with van der Waals surface area (Å²) in [5.74, 6) is -2.34. The SMILES string of the molecule is O=C(Nc1cc(F)cc(F)c1)N1CCC2(CC1)C(=O)N(c1ccc(F)c(Cl)c1)C2c1ccc(Br)cn1. The third kappa shape index (κ3) is 4.32. The highest BCUT2D eigenvalue weighted by atomic mass is 79.9. The van der Waals surface area contributed by atoms with Crippen LogP contribution in [0.4, 0.5) is 29.3 Å². The smallest absolute Gasteiger partial charge is 0.321 e. The maximum Gasteiger partial charge on any atom is 0.321 e. The number of anilines is 2. The Morgan fingerprint density at radius 2 is 1.75 bits per heavy atom. The number of nitrogens with zero attached hydrogens (tertiary/aromatic N) is 3. The van der Waals surface area contributed by atoms with E-state index in [9.17, 15) is 22.8 Å². The number of likely N-dealkylation sites (tertiary alicyclic amines) is 1. The summed E-state index contributed by atoms with van der Waals surface area (Å²) >= 11 is 9.36. The van der Waals surface area contributed by atoms with Crippen LogP contribution in [0.25, 0.3) is 0 Å². The number of urea groups is 1. The standard InChI is InChI=1S/C25H19BrClF3N4O2/c26-14-1-4-21(31-13-14)22-25(23(35)34(22)18-2-3-20(30)19(27)12-18)5-7-33(8-6-25)24(36)32-17-10-15(28)9-16(29)11-17/h1-4,9-13,22H,5-8H2,(H,32,36). The van der Waals surface area contributed by atoms with Crippen molar-refractivity contribution in [2.45, 2.75) is 18.9 Å². The van der Waals surface area contributed by atoms with Crippen molar-refractivity contribution in [3.05, 3.63) is 87.4 Å². The van der Waals surface area contributed by atoms with Crippen molar-refractivity contribution in [3.63, 3.8) is 0 Å². The van der Waals surface area contributed by atoms with Crippen molar-refractivity contribution in [1.82, 2.24) is 9.88 Å². The summed E-state index contributed by atoms with van der Waals surface area (Å²) in [5, 5.41) is 2.41. The quantitative estimate of drug-likeness (QED) is 0.370. The molecule has 3 amide bonds. The average molecular weight is 580 g/mol. The van der Waals surface area contributed by atoms with E-state index in [1.807, 2.05) is 12.1 Å². The van der Waals surface area contributed by atoms with E-state index in [0.29, 0.717) is 24.2 Å². The number of amides is 3. The summed E-state index contributed by atoms with van der Waals surface area (Å²) in [5.41, 5.74) is 0.309. The third-order valence-electron chi connectivity index (χ3n) is 6.69. The molecule has 2 fully saturated rings. The predicted octanol–water partition coefficient (Wildman–Crippen LogP) is 6.32. The molecule has 5 rings (SSSR count). The maximum atomic E-state index is 13.8. The molecule has 2 aliphatic rings. The normalized spacial score (nSPS) is 18.8. The van der Waals surface area contributed by atoms with Gasteiger partial charge in [0.1, 0.15) is 17.5 Å². The molecular formula is C25H19BrClF3N4O2. The van der Waals surface area contributed by atoms with E-state index in [4.69, 9.17) is 11.6 Å². The molecule has 0 aliphatic carbocycles. The Labute approximate surface area is 218 Å². The van der Waals surface area contributed by atoms with Gasteiger partial charge in [0.15, 0.2) is 0 Å². The van der Waals surface area contributed by atoms with Crippen LogP contribution in [-0.2, 0) is 4.79 Å². The fraction of sp³-hybridized carbons (Fsp3) is 0.240. The topological polar surface area (TPSA) is 65.5 Å². The molecule has 3 aromatic rings. The zero-order valence-electron chi connectivity index (χ0n) is 18.6. The minimum Gasteiger partial charge on any atom is -0.324 e. The fourth-order valence-corrected chi connectivity index (χ4v) is 5.35. The number of halogens is 5. The summed E-state index contributed by atoms with van der Waals surface area (Å²) < 4.78 is 41.5. The first-order chi connectivity index (χ1) is 17.2. The molecule has 0 saturated carbocycles. The van der Waals surface area contributed by atoms with Gasteiger partial charge in [0.25, 0.3) is 0 Å². The Morgan fingerprint density at radius 3 is 2.36 bits per heavy atom. The van der Waals surface area contributed by atoms with Crippen molar-refractivity contribution in [3.8, 4) is 0 Å². The molecule has 6 nitrogen and oxygen atoms in total. The Hall–Kier alpha value is -3.11. The van der Waals surface area contributed by atoms with E-state index in [2.05, 4.69) is 26.2 Å². The third-order valence-corrected chi connectivity index (χ3v) is 7.45. The zero-order valence-corrected chi connectivity index (χ0v) is 21.0. The summed E-state index contributed by atoms with van der Waals surface area (Å²) in [6, 6.07) is 9.60. The maximum absolute atomic E-state index is 13.8. The van der Waals surface area contributed by atoms with Crippen LogP contribution < -0.4 is 10.2 Å². The van der Waals surface area contributed by atoms with Gasteiger partial charge in [-0.2, -0.15) is 0 Å². The van der Waals surface area contributed by atoms with Gasteiger partial charge in [-0.3, -0.25) is 9.78 Å². The molecule has 186 valence electrons. The summed E-state index contributed by atoms with van der Waals surface area (Å²) in [4.78, 5) is 33.9. The molecule has 2 saturated heterocycles. The summed E-state index contributed by atoms with van der Waals surface area (Å²) in [6.07, 6.45) is 2.34. The number of benzene rings is 2. The molecule has 1 spiro atoms. The lowest BCUT2D eigenvalue weighted by atomic mass is 9.63. The number of pyridine rings is 1. The number of rotatable bonds is 3. The lowest BCUT2D eigenvalue weighted by Crippen LogP contribution is -2.67. The molecule has 0 bridgehead atoms. The minimum atomic E-state index is -0.816. The number of aromatic nitrogens is 1. The van der Waals surface area contributed by atoms with Crippen LogP contribution in [-0.4, -0.2) is 34.9 Å². The van der Waals surface area contributed by atoms with Crippen molar-refractivity contribution in [2.24, 2.45) is 5.41 Å². The predicted molar refractivity (Wildman–Crippen MR) is 132 cm³/mol. The molecule has 2 aromatic carbocycles. The molecular weight excluding hydrogens is 561 g/mol.